The van der Waals surface area contributed by atoms with E-state index < -0.39 is 0 Å². The molecule has 2 aromatic rings. The van der Waals surface area contributed by atoms with Crippen LogP contribution < -0.4 is 4.74 Å². The van der Waals surface area contributed by atoms with E-state index in [9.17, 15) is 0 Å². The number of ether oxygens (including phenoxy) is 1. The predicted octanol–water partition coefficient (Wildman–Crippen LogP) is 2.80. The molecule has 1 aromatic heterocycles. The summed E-state index contributed by atoms with van der Waals surface area (Å²) in [5.41, 5.74) is 2.18. The zero-order chi connectivity index (χ0) is 11.1. The van der Waals surface area contributed by atoms with Gasteiger partial charge in [0.15, 0.2) is 0 Å². The molecule has 3 nitrogen and oxygen atoms in total. The first-order valence-electron chi connectivity index (χ1n) is 5.04. The first-order valence-corrected chi connectivity index (χ1v) is 5.04. The normalized spacial score (nSPS) is 12.0. The van der Waals surface area contributed by atoms with E-state index >= 15 is 0 Å². The van der Waals surface area contributed by atoms with Gasteiger partial charge in [-0.1, -0.05) is 0 Å². The summed E-state index contributed by atoms with van der Waals surface area (Å²) in [7, 11) is 1.67. The lowest BCUT2D eigenvalue weighted by Gasteiger charge is -2.21. The largest absolute Gasteiger partial charge is 0.497 e. The smallest absolute Gasteiger partial charge is 0.121 e. The van der Waals surface area contributed by atoms with Gasteiger partial charge in [-0.05, 0) is 32.9 Å². The van der Waals surface area contributed by atoms with Gasteiger partial charge in [-0.25, -0.2) is 4.98 Å². The lowest BCUT2D eigenvalue weighted by molar-refractivity contribution is 0.407. The second-order valence-electron chi connectivity index (χ2n) is 4.64. The molecule has 0 unspecified atom stereocenters. The molecule has 3 heteroatoms. The first kappa shape index (κ1) is 10.0. The molecule has 0 spiro atoms. The number of rotatable bonds is 1. The van der Waals surface area contributed by atoms with Gasteiger partial charge in [-0.3, -0.25) is 0 Å². The number of aromatic nitrogens is 2. The van der Waals surface area contributed by atoms with E-state index in [1.807, 2.05) is 24.5 Å². The topological polar surface area (TPSA) is 27.1 Å². The Balaban J connectivity index is 2.62. The summed E-state index contributed by atoms with van der Waals surface area (Å²) in [6, 6.07) is 5.97. The van der Waals surface area contributed by atoms with Gasteiger partial charge >= 0.3 is 0 Å². The fraction of sp³-hybridized carbons (Fsp3) is 0.417. The van der Waals surface area contributed by atoms with Gasteiger partial charge in [0.05, 0.1) is 24.5 Å². The second kappa shape index (κ2) is 3.26. The zero-order valence-electron chi connectivity index (χ0n) is 9.61. The van der Waals surface area contributed by atoms with Crippen LogP contribution in [0.2, 0.25) is 0 Å². The maximum atomic E-state index is 5.17. The van der Waals surface area contributed by atoms with Crippen LogP contribution in [-0.4, -0.2) is 16.7 Å². The lowest BCUT2D eigenvalue weighted by Crippen LogP contribution is -2.20. The van der Waals surface area contributed by atoms with Gasteiger partial charge in [0.2, 0.25) is 0 Å². The summed E-state index contributed by atoms with van der Waals surface area (Å²) in [5.74, 6) is 0.849. The minimum absolute atomic E-state index is 0.0589. The van der Waals surface area contributed by atoms with Crippen LogP contribution in [0.1, 0.15) is 20.8 Å². The van der Waals surface area contributed by atoms with E-state index in [0.717, 1.165) is 16.8 Å². The van der Waals surface area contributed by atoms with E-state index in [4.69, 9.17) is 4.74 Å². The quantitative estimate of drug-likeness (QED) is 0.714. The molecule has 0 saturated heterocycles. The van der Waals surface area contributed by atoms with Crippen molar-refractivity contribution in [2.75, 3.05) is 7.11 Å². The molecule has 0 aliphatic rings. The Hall–Kier alpha value is -1.51. The summed E-state index contributed by atoms with van der Waals surface area (Å²) < 4.78 is 7.34. The SMILES string of the molecule is COc1ccc2c(c1)ncn2C(C)(C)C. The van der Waals surface area contributed by atoms with Gasteiger partial charge in [0, 0.05) is 11.6 Å². The number of fused-ring (bicyclic) bond motifs is 1. The highest BCUT2D eigenvalue weighted by atomic mass is 16.5. The molecule has 0 atom stereocenters. The molecule has 0 N–H and O–H groups in total. The van der Waals surface area contributed by atoms with Crippen molar-refractivity contribution in [3.05, 3.63) is 24.5 Å². The molecule has 15 heavy (non-hydrogen) atoms. The van der Waals surface area contributed by atoms with Gasteiger partial charge < -0.3 is 9.30 Å². The lowest BCUT2D eigenvalue weighted by atomic mass is 10.1. The van der Waals surface area contributed by atoms with Gasteiger partial charge in [-0.15, -0.1) is 0 Å². The number of imidazole rings is 1. The van der Waals surface area contributed by atoms with Crippen LogP contribution in [0.3, 0.4) is 0 Å². The minimum Gasteiger partial charge on any atom is -0.497 e. The summed E-state index contributed by atoms with van der Waals surface area (Å²) in [4.78, 5) is 4.38. The molecular formula is C12H16N2O. The third-order valence-corrected chi connectivity index (χ3v) is 2.48. The number of hydrogen-bond donors (Lipinski definition) is 0. The fourth-order valence-corrected chi connectivity index (χ4v) is 1.65. The average molecular weight is 204 g/mol. The Kier molecular flexibility index (Phi) is 2.18. The molecule has 0 radical (unpaired) electrons. The van der Waals surface area contributed by atoms with E-state index in [0.29, 0.717) is 0 Å². The average Bonchev–Trinajstić information content (AvgIpc) is 2.59. The van der Waals surface area contributed by atoms with Crippen LogP contribution in [0.5, 0.6) is 5.75 Å². The van der Waals surface area contributed by atoms with E-state index in [1.165, 1.54) is 0 Å². The molecule has 0 aliphatic heterocycles. The van der Waals surface area contributed by atoms with E-state index in [1.54, 1.807) is 7.11 Å². The molecular weight excluding hydrogens is 188 g/mol. The molecule has 0 saturated carbocycles. The Bertz CT molecular complexity index is 480. The van der Waals surface area contributed by atoms with Crippen LogP contribution in [0.4, 0.5) is 0 Å². The third-order valence-electron chi connectivity index (χ3n) is 2.48. The summed E-state index contributed by atoms with van der Waals surface area (Å²) in [6.07, 6.45) is 1.88. The number of methoxy groups -OCH3 is 1. The van der Waals surface area contributed by atoms with Crippen LogP contribution in [0.25, 0.3) is 11.0 Å². The van der Waals surface area contributed by atoms with E-state index in [2.05, 4.69) is 30.3 Å². The van der Waals surface area contributed by atoms with Crippen molar-refractivity contribution in [2.45, 2.75) is 26.3 Å². The molecule has 1 heterocycles. The Morgan fingerprint density at radius 1 is 1.27 bits per heavy atom. The van der Waals surface area contributed by atoms with Crippen molar-refractivity contribution in [3.8, 4) is 5.75 Å². The number of nitrogens with zero attached hydrogens (tertiary/aromatic N) is 2. The number of hydrogen-bond acceptors (Lipinski definition) is 2. The first-order chi connectivity index (χ1) is 7.02. The highest BCUT2D eigenvalue weighted by Crippen LogP contribution is 2.24. The summed E-state index contributed by atoms with van der Waals surface area (Å²) >= 11 is 0. The van der Waals surface area contributed by atoms with Crippen molar-refractivity contribution in [1.82, 2.24) is 9.55 Å². The summed E-state index contributed by atoms with van der Waals surface area (Å²) in [6.45, 7) is 6.50. The number of benzene rings is 1. The molecule has 80 valence electrons. The molecule has 1 aromatic carbocycles. The zero-order valence-corrected chi connectivity index (χ0v) is 9.61. The van der Waals surface area contributed by atoms with Crippen molar-refractivity contribution in [2.24, 2.45) is 0 Å². The Morgan fingerprint density at radius 3 is 2.60 bits per heavy atom. The Morgan fingerprint density at radius 2 is 2.00 bits per heavy atom. The van der Waals surface area contributed by atoms with Crippen LogP contribution in [0, 0.1) is 0 Å². The molecule has 2 rings (SSSR count). The third kappa shape index (κ3) is 1.69. The van der Waals surface area contributed by atoms with Gasteiger partial charge in [0.25, 0.3) is 0 Å². The maximum absolute atomic E-state index is 5.17. The minimum atomic E-state index is 0.0589. The fourth-order valence-electron chi connectivity index (χ4n) is 1.65. The van der Waals surface area contributed by atoms with Gasteiger partial charge in [0.1, 0.15) is 5.75 Å². The van der Waals surface area contributed by atoms with Crippen molar-refractivity contribution >= 4 is 11.0 Å². The molecule has 0 amide bonds. The van der Waals surface area contributed by atoms with Crippen molar-refractivity contribution < 1.29 is 4.74 Å². The highest BCUT2D eigenvalue weighted by Gasteiger charge is 2.15. The van der Waals surface area contributed by atoms with Crippen LogP contribution in [-0.2, 0) is 5.54 Å². The molecule has 0 fully saturated rings. The van der Waals surface area contributed by atoms with Crippen LogP contribution >= 0.6 is 0 Å². The molecule has 0 aliphatic carbocycles. The predicted molar refractivity (Wildman–Crippen MR) is 61.3 cm³/mol. The highest BCUT2D eigenvalue weighted by molar-refractivity contribution is 5.77. The van der Waals surface area contributed by atoms with Crippen molar-refractivity contribution in [1.29, 1.82) is 0 Å². The molecule has 0 bridgehead atoms. The Labute approximate surface area is 89.7 Å². The van der Waals surface area contributed by atoms with Crippen molar-refractivity contribution in [3.63, 3.8) is 0 Å². The van der Waals surface area contributed by atoms with Gasteiger partial charge in [-0.2, -0.15) is 0 Å². The van der Waals surface area contributed by atoms with Crippen LogP contribution in [0.15, 0.2) is 24.5 Å². The maximum Gasteiger partial charge on any atom is 0.121 e. The van der Waals surface area contributed by atoms with E-state index in [-0.39, 0.29) is 5.54 Å². The monoisotopic (exact) mass is 204 g/mol. The standard InChI is InChI=1S/C12H16N2O/c1-12(2,3)14-8-13-10-7-9(15-4)5-6-11(10)14/h5-8H,1-4H3. The summed E-state index contributed by atoms with van der Waals surface area (Å²) in [5, 5.41) is 0. The second-order valence-corrected chi connectivity index (χ2v) is 4.64.